The smallest absolute Gasteiger partial charge is 0.274 e. The molecule has 10 heteroatoms. The van der Waals surface area contributed by atoms with E-state index in [0.717, 1.165) is 0 Å². The molecule has 0 saturated carbocycles. The monoisotopic (exact) mass is 447 g/mol. The molecule has 0 spiro atoms. The number of nitro groups is 1. The van der Waals surface area contributed by atoms with Gasteiger partial charge in [0.05, 0.1) is 34.1 Å². The van der Waals surface area contributed by atoms with Crippen LogP contribution in [0.25, 0.3) is 0 Å². The van der Waals surface area contributed by atoms with Crippen LogP contribution in [-0.4, -0.2) is 43.8 Å². The Morgan fingerprint density at radius 1 is 1.26 bits per heavy atom. The lowest BCUT2D eigenvalue weighted by atomic mass is 9.98. The summed E-state index contributed by atoms with van der Waals surface area (Å²) in [6, 6.07) is 9.14. The van der Waals surface area contributed by atoms with Crippen LogP contribution in [0.15, 0.2) is 41.3 Å². The maximum atomic E-state index is 13.1. The molecule has 0 aromatic heterocycles. The molecule has 166 valence electrons. The van der Waals surface area contributed by atoms with Gasteiger partial charge in [-0.1, -0.05) is 6.07 Å². The molecule has 1 atom stereocenters. The summed E-state index contributed by atoms with van der Waals surface area (Å²) in [4.78, 5) is 23.6. The number of aryl methyl sites for hydroxylation is 1. The van der Waals surface area contributed by atoms with Gasteiger partial charge < -0.3 is 10.1 Å². The van der Waals surface area contributed by atoms with Gasteiger partial charge in [-0.15, -0.1) is 0 Å². The van der Waals surface area contributed by atoms with Crippen LogP contribution in [0.2, 0.25) is 0 Å². The number of carbonyl (C=O) groups is 1. The van der Waals surface area contributed by atoms with E-state index in [-0.39, 0.29) is 23.0 Å². The van der Waals surface area contributed by atoms with Gasteiger partial charge >= 0.3 is 0 Å². The minimum atomic E-state index is -3.77. The summed E-state index contributed by atoms with van der Waals surface area (Å²) >= 11 is 0. The van der Waals surface area contributed by atoms with Gasteiger partial charge in [-0.3, -0.25) is 14.9 Å². The number of hydrogen-bond acceptors (Lipinski definition) is 6. The average Bonchev–Trinajstić information content (AvgIpc) is 2.75. The molecule has 1 heterocycles. The molecule has 0 bridgehead atoms. The molecule has 1 aliphatic rings. The van der Waals surface area contributed by atoms with Gasteiger partial charge in [-0.05, 0) is 56.5 Å². The number of amides is 1. The highest BCUT2D eigenvalue weighted by atomic mass is 32.2. The van der Waals surface area contributed by atoms with Crippen LogP contribution in [0.4, 0.5) is 11.4 Å². The number of sulfonamides is 1. The van der Waals surface area contributed by atoms with Crippen molar-refractivity contribution in [1.82, 2.24) is 4.31 Å². The Kier molecular flexibility index (Phi) is 6.61. The lowest BCUT2D eigenvalue weighted by Gasteiger charge is -2.31. The van der Waals surface area contributed by atoms with Gasteiger partial charge in [0.1, 0.15) is 5.75 Å². The number of carbonyl (C=O) groups excluding carboxylic acids is 1. The lowest BCUT2D eigenvalue weighted by molar-refractivity contribution is -0.385. The summed E-state index contributed by atoms with van der Waals surface area (Å²) in [7, 11) is -2.25. The predicted molar refractivity (Wildman–Crippen MR) is 116 cm³/mol. The molecule has 2 aromatic carbocycles. The molecular formula is C21H25N3O6S. The molecule has 1 aliphatic heterocycles. The van der Waals surface area contributed by atoms with Crippen molar-refractivity contribution in [2.75, 3.05) is 25.5 Å². The first-order valence-corrected chi connectivity index (χ1v) is 11.3. The van der Waals surface area contributed by atoms with E-state index < -0.39 is 20.9 Å². The number of methoxy groups -OCH3 is 1. The quantitative estimate of drug-likeness (QED) is 0.536. The standard InChI is InChI=1S/C21H25N3O6S/c1-14-12-17(9-10-20(14)30-3)31(28,29)23-11-5-6-16(13-23)21(25)22-18-7-4-8-19(15(18)2)24(26)27/h4,7-10,12,16H,5-6,11,13H2,1-3H3,(H,22,25)/t16-/m1/s1. The third kappa shape index (κ3) is 4.70. The zero-order chi connectivity index (χ0) is 22.8. The van der Waals surface area contributed by atoms with Crippen LogP contribution >= 0.6 is 0 Å². The topological polar surface area (TPSA) is 119 Å². The molecule has 9 nitrogen and oxygen atoms in total. The van der Waals surface area contributed by atoms with Gasteiger partial charge in [0.25, 0.3) is 5.69 Å². The minimum Gasteiger partial charge on any atom is -0.496 e. The van der Waals surface area contributed by atoms with Crippen molar-refractivity contribution in [2.45, 2.75) is 31.6 Å². The predicted octanol–water partition coefficient (Wildman–Crippen LogP) is 3.26. The normalized spacial score (nSPS) is 17.2. The molecule has 0 radical (unpaired) electrons. The number of nitrogens with one attached hydrogen (secondary N) is 1. The van der Waals surface area contributed by atoms with Crippen molar-refractivity contribution >= 4 is 27.3 Å². The first kappa shape index (κ1) is 22.7. The summed E-state index contributed by atoms with van der Waals surface area (Å²) in [6.45, 7) is 3.71. The summed E-state index contributed by atoms with van der Waals surface area (Å²) in [6.07, 6.45) is 1.08. The summed E-state index contributed by atoms with van der Waals surface area (Å²) in [5.41, 5.74) is 1.33. The number of nitro benzene ring substituents is 1. The van der Waals surface area contributed by atoms with Crippen molar-refractivity contribution in [3.63, 3.8) is 0 Å². The van der Waals surface area contributed by atoms with E-state index in [2.05, 4.69) is 5.32 Å². The Hall–Kier alpha value is -2.98. The molecule has 2 aromatic rings. The molecule has 0 unspecified atom stereocenters. The van der Waals surface area contributed by atoms with E-state index in [4.69, 9.17) is 4.74 Å². The second-order valence-corrected chi connectivity index (χ2v) is 9.47. The molecule has 1 N–H and O–H groups in total. The number of piperidine rings is 1. The summed E-state index contributed by atoms with van der Waals surface area (Å²) < 4.78 is 32.7. The third-order valence-electron chi connectivity index (χ3n) is 5.52. The first-order valence-electron chi connectivity index (χ1n) is 9.84. The van der Waals surface area contributed by atoms with Crippen LogP contribution in [0, 0.1) is 29.9 Å². The Morgan fingerprint density at radius 2 is 2.00 bits per heavy atom. The fourth-order valence-electron chi connectivity index (χ4n) is 3.73. The minimum absolute atomic E-state index is 0.0488. The van der Waals surface area contributed by atoms with E-state index in [1.165, 1.54) is 29.6 Å². The molecular weight excluding hydrogens is 422 g/mol. The van der Waals surface area contributed by atoms with E-state index in [1.54, 1.807) is 32.0 Å². The van der Waals surface area contributed by atoms with Gasteiger partial charge in [-0.2, -0.15) is 4.31 Å². The van der Waals surface area contributed by atoms with Crippen molar-refractivity contribution in [3.05, 3.63) is 57.6 Å². The van der Waals surface area contributed by atoms with Crippen molar-refractivity contribution < 1.29 is 22.9 Å². The second kappa shape index (κ2) is 9.03. The fraction of sp³-hybridized carbons (Fsp3) is 0.381. The van der Waals surface area contributed by atoms with Crippen molar-refractivity contribution in [2.24, 2.45) is 5.92 Å². The first-order chi connectivity index (χ1) is 14.6. The Bertz CT molecular complexity index is 1120. The Morgan fingerprint density at radius 3 is 2.65 bits per heavy atom. The Balaban J connectivity index is 1.77. The van der Waals surface area contributed by atoms with Gasteiger partial charge in [0.15, 0.2) is 0 Å². The number of benzene rings is 2. The van der Waals surface area contributed by atoms with Crippen LogP contribution in [0.3, 0.4) is 0 Å². The summed E-state index contributed by atoms with van der Waals surface area (Å²) in [5.74, 6) is -0.307. The maximum Gasteiger partial charge on any atom is 0.274 e. The van der Waals surface area contributed by atoms with Crippen molar-refractivity contribution in [1.29, 1.82) is 0 Å². The van der Waals surface area contributed by atoms with E-state index in [9.17, 15) is 23.3 Å². The van der Waals surface area contributed by atoms with Gasteiger partial charge in [0, 0.05) is 19.2 Å². The summed E-state index contributed by atoms with van der Waals surface area (Å²) in [5, 5.41) is 13.9. The second-order valence-electron chi connectivity index (χ2n) is 7.53. The van der Waals surface area contributed by atoms with E-state index >= 15 is 0 Å². The van der Waals surface area contributed by atoms with Crippen LogP contribution in [-0.2, 0) is 14.8 Å². The highest BCUT2D eigenvalue weighted by Gasteiger charge is 2.34. The van der Waals surface area contributed by atoms with E-state index in [1.807, 2.05) is 0 Å². The number of nitrogens with zero attached hydrogens (tertiary/aromatic N) is 2. The molecule has 31 heavy (non-hydrogen) atoms. The fourth-order valence-corrected chi connectivity index (χ4v) is 5.34. The molecule has 3 rings (SSSR count). The molecule has 0 aliphatic carbocycles. The SMILES string of the molecule is COc1ccc(S(=O)(=O)N2CCC[C@@H](C(=O)Nc3cccc([N+](=O)[O-])c3C)C2)cc1C. The van der Waals surface area contributed by atoms with Crippen LogP contribution in [0.5, 0.6) is 5.75 Å². The zero-order valence-corrected chi connectivity index (χ0v) is 18.4. The molecule has 1 fully saturated rings. The largest absolute Gasteiger partial charge is 0.496 e. The Labute approximate surface area is 181 Å². The van der Waals surface area contributed by atoms with Crippen LogP contribution < -0.4 is 10.1 Å². The van der Waals surface area contributed by atoms with E-state index in [0.29, 0.717) is 42.0 Å². The molecule has 1 saturated heterocycles. The highest BCUT2D eigenvalue weighted by Crippen LogP contribution is 2.29. The number of anilines is 1. The average molecular weight is 448 g/mol. The lowest BCUT2D eigenvalue weighted by Crippen LogP contribution is -2.43. The third-order valence-corrected chi connectivity index (χ3v) is 7.38. The van der Waals surface area contributed by atoms with Crippen LogP contribution in [0.1, 0.15) is 24.0 Å². The number of ether oxygens (including phenoxy) is 1. The number of hydrogen-bond donors (Lipinski definition) is 1. The van der Waals surface area contributed by atoms with Gasteiger partial charge in [0.2, 0.25) is 15.9 Å². The number of rotatable bonds is 6. The van der Waals surface area contributed by atoms with Crippen molar-refractivity contribution in [3.8, 4) is 5.75 Å². The molecule has 1 amide bonds. The van der Waals surface area contributed by atoms with Gasteiger partial charge in [-0.25, -0.2) is 8.42 Å². The maximum absolute atomic E-state index is 13.1. The zero-order valence-electron chi connectivity index (χ0n) is 17.6. The highest BCUT2D eigenvalue weighted by molar-refractivity contribution is 7.89.